The van der Waals surface area contributed by atoms with Gasteiger partial charge in [-0.2, -0.15) is 0 Å². The fourth-order valence-corrected chi connectivity index (χ4v) is 2.26. The van der Waals surface area contributed by atoms with Gasteiger partial charge in [0, 0.05) is 30.3 Å². The summed E-state index contributed by atoms with van der Waals surface area (Å²) in [6, 6.07) is 14.0. The minimum Gasteiger partial charge on any atom is -0.497 e. The van der Waals surface area contributed by atoms with Crippen LogP contribution in [-0.4, -0.2) is 31.3 Å². The van der Waals surface area contributed by atoms with E-state index >= 15 is 0 Å². The Morgan fingerprint density at radius 2 is 1.67 bits per heavy atom. The van der Waals surface area contributed by atoms with Crippen LogP contribution in [0.4, 0.5) is 5.69 Å². The molecule has 0 aliphatic carbocycles. The quantitative estimate of drug-likeness (QED) is 0.555. The second-order valence-electron chi connectivity index (χ2n) is 5.83. The Labute approximate surface area is 158 Å². The van der Waals surface area contributed by atoms with Crippen LogP contribution >= 0.6 is 0 Å². The van der Waals surface area contributed by atoms with Gasteiger partial charge in [-0.15, -0.1) is 0 Å². The molecule has 2 aromatic carbocycles. The molecule has 2 aromatic rings. The predicted octanol–water partition coefficient (Wildman–Crippen LogP) is 3.06. The van der Waals surface area contributed by atoms with E-state index in [-0.39, 0.29) is 30.6 Å². The SMILES string of the molecule is COc1ccc(/C=C/C(=O)NCCC(=O)Nc2ccc(C(C)=O)cc2)cc1. The average Bonchev–Trinajstić information content (AvgIpc) is 2.67. The van der Waals surface area contributed by atoms with Gasteiger partial charge in [-0.05, 0) is 55.0 Å². The van der Waals surface area contributed by atoms with E-state index in [1.807, 2.05) is 24.3 Å². The molecule has 0 heterocycles. The van der Waals surface area contributed by atoms with Crippen LogP contribution in [-0.2, 0) is 9.59 Å². The lowest BCUT2D eigenvalue weighted by molar-refractivity contribution is -0.117. The standard InChI is InChI=1S/C21H22N2O4/c1-15(24)17-6-8-18(9-7-17)23-21(26)13-14-22-20(25)12-5-16-3-10-19(27-2)11-4-16/h3-12H,13-14H2,1-2H3,(H,22,25)(H,23,26)/b12-5+. The van der Waals surface area contributed by atoms with E-state index in [4.69, 9.17) is 4.74 Å². The monoisotopic (exact) mass is 366 g/mol. The second-order valence-corrected chi connectivity index (χ2v) is 5.83. The topological polar surface area (TPSA) is 84.5 Å². The summed E-state index contributed by atoms with van der Waals surface area (Å²) in [6.45, 7) is 1.71. The van der Waals surface area contributed by atoms with Crippen molar-refractivity contribution in [3.8, 4) is 5.75 Å². The highest BCUT2D eigenvalue weighted by Crippen LogP contribution is 2.12. The number of methoxy groups -OCH3 is 1. The summed E-state index contributed by atoms with van der Waals surface area (Å²) in [5.41, 5.74) is 2.07. The first-order valence-corrected chi connectivity index (χ1v) is 8.49. The van der Waals surface area contributed by atoms with Crippen molar-refractivity contribution in [2.24, 2.45) is 0 Å². The van der Waals surface area contributed by atoms with Gasteiger partial charge in [0.2, 0.25) is 11.8 Å². The van der Waals surface area contributed by atoms with Crippen LogP contribution in [0.5, 0.6) is 5.75 Å². The number of hydrogen-bond acceptors (Lipinski definition) is 4. The Morgan fingerprint density at radius 1 is 1.00 bits per heavy atom. The maximum absolute atomic E-state index is 11.9. The lowest BCUT2D eigenvalue weighted by atomic mass is 10.1. The van der Waals surface area contributed by atoms with Crippen LogP contribution in [0, 0.1) is 0 Å². The normalized spacial score (nSPS) is 10.4. The van der Waals surface area contributed by atoms with Crippen LogP contribution < -0.4 is 15.4 Å². The summed E-state index contributed by atoms with van der Waals surface area (Å²) in [6.07, 6.45) is 3.25. The Hall–Kier alpha value is -3.41. The number of Topliss-reactive ketones (excluding diaryl/α,β-unsaturated/α-hetero) is 1. The number of anilines is 1. The number of hydrogen-bond donors (Lipinski definition) is 2. The highest BCUT2D eigenvalue weighted by atomic mass is 16.5. The maximum Gasteiger partial charge on any atom is 0.244 e. The molecule has 0 atom stereocenters. The number of ether oxygens (including phenoxy) is 1. The number of amides is 2. The smallest absolute Gasteiger partial charge is 0.244 e. The molecule has 0 unspecified atom stereocenters. The molecule has 0 saturated carbocycles. The van der Waals surface area contributed by atoms with Gasteiger partial charge >= 0.3 is 0 Å². The summed E-state index contributed by atoms with van der Waals surface area (Å²) in [7, 11) is 1.59. The number of ketones is 1. The fourth-order valence-electron chi connectivity index (χ4n) is 2.26. The molecule has 0 radical (unpaired) electrons. The van der Waals surface area contributed by atoms with Gasteiger partial charge < -0.3 is 15.4 Å². The first kappa shape index (κ1) is 19.9. The van der Waals surface area contributed by atoms with Crippen LogP contribution in [0.25, 0.3) is 6.08 Å². The van der Waals surface area contributed by atoms with Crippen molar-refractivity contribution in [3.63, 3.8) is 0 Å². The predicted molar refractivity (Wildman–Crippen MR) is 105 cm³/mol. The Balaban J connectivity index is 1.72. The van der Waals surface area contributed by atoms with Crippen LogP contribution in [0.15, 0.2) is 54.6 Å². The molecule has 0 spiro atoms. The van der Waals surface area contributed by atoms with Crippen molar-refractivity contribution in [3.05, 3.63) is 65.7 Å². The van der Waals surface area contributed by atoms with Gasteiger partial charge in [-0.3, -0.25) is 14.4 Å². The van der Waals surface area contributed by atoms with Gasteiger partial charge in [-0.25, -0.2) is 0 Å². The maximum atomic E-state index is 11.9. The number of carbonyl (C=O) groups is 3. The van der Waals surface area contributed by atoms with Crippen molar-refractivity contribution in [1.82, 2.24) is 5.32 Å². The van der Waals surface area contributed by atoms with E-state index in [2.05, 4.69) is 10.6 Å². The molecular weight excluding hydrogens is 344 g/mol. The first-order valence-electron chi connectivity index (χ1n) is 8.49. The van der Waals surface area contributed by atoms with Gasteiger partial charge in [0.15, 0.2) is 5.78 Å². The van der Waals surface area contributed by atoms with E-state index in [1.54, 1.807) is 37.5 Å². The number of nitrogens with one attached hydrogen (secondary N) is 2. The van der Waals surface area contributed by atoms with Crippen molar-refractivity contribution in [1.29, 1.82) is 0 Å². The Morgan fingerprint density at radius 3 is 2.26 bits per heavy atom. The molecule has 0 saturated heterocycles. The Kier molecular flexibility index (Phi) is 7.31. The van der Waals surface area contributed by atoms with E-state index in [1.165, 1.54) is 13.0 Å². The van der Waals surface area contributed by atoms with E-state index in [0.29, 0.717) is 11.3 Å². The molecule has 140 valence electrons. The fraction of sp³-hybridized carbons (Fsp3) is 0.190. The van der Waals surface area contributed by atoms with Gasteiger partial charge in [0.1, 0.15) is 5.75 Å². The molecule has 2 rings (SSSR count). The van der Waals surface area contributed by atoms with Crippen LogP contribution in [0.1, 0.15) is 29.3 Å². The molecule has 0 aromatic heterocycles. The van der Waals surface area contributed by atoms with Crippen LogP contribution in [0.2, 0.25) is 0 Å². The zero-order valence-corrected chi connectivity index (χ0v) is 15.3. The summed E-state index contributed by atoms with van der Waals surface area (Å²) < 4.78 is 5.07. The third-order valence-corrected chi connectivity index (χ3v) is 3.77. The molecule has 27 heavy (non-hydrogen) atoms. The summed E-state index contributed by atoms with van der Waals surface area (Å²) >= 11 is 0. The lowest BCUT2D eigenvalue weighted by Crippen LogP contribution is -2.26. The second kappa shape index (κ2) is 9.91. The van der Waals surface area contributed by atoms with Crippen molar-refractivity contribution in [2.45, 2.75) is 13.3 Å². The summed E-state index contributed by atoms with van der Waals surface area (Å²) in [5, 5.41) is 5.38. The van der Waals surface area contributed by atoms with Gasteiger partial charge in [0.05, 0.1) is 7.11 Å². The van der Waals surface area contributed by atoms with E-state index in [9.17, 15) is 14.4 Å². The van der Waals surface area contributed by atoms with Gasteiger partial charge in [-0.1, -0.05) is 12.1 Å². The van der Waals surface area contributed by atoms with E-state index < -0.39 is 0 Å². The number of carbonyl (C=O) groups excluding carboxylic acids is 3. The van der Waals surface area contributed by atoms with Gasteiger partial charge in [0.25, 0.3) is 0 Å². The first-order chi connectivity index (χ1) is 13.0. The minimum absolute atomic E-state index is 0.0294. The van der Waals surface area contributed by atoms with Crippen molar-refractivity contribution in [2.75, 3.05) is 19.0 Å². The van der Waals surface area contributed by atoms with Crippen molar-refractivity contribution < 1.29 is 19.1 Å². The molecule has 6 nitrogen and oxygen atoms in total. The number of benzene rings is 2. The third kappa shape index (κ3) is 6.78. The summed E-state index contributed by atoms with van der Waals surface area (Å²) in [5.74, 6) is 0.228. The average molecular weight is 366 g/mol. The minimum atomic E-state index is -0.274. The largest absolute Gasteiger partial charge is 0.497 e. The molecule has 0 aliphatic rings. The highest BCUT2D eigenvalue weighted by molar-refractivity contribution is 5.96. The number of rotatable bonds is 8. The molecule has 2 N–H and O–H groups in total. The summed E-state index contributed by atoms with van der Waals surface area (Å²) in [4.78, 5) is 34.9. The van der Waals surface area contributed by atoms with Crippen LogP contribution in [0.3, 0.4) is 0 Å². The Bertz CT molecular complexity index is 824. The molecule has 6 heteroatoms. The molecule has 0 aliphatic heterocycles. The lowest BCUT2D eigenvalue weighted by Gasteiger charge is -2.06. The highest BCUT2D eigenvalue weighted by Gasteiger charge is 2.04. The molecule has 0 bridgehead atoms. The zero-order valence-electron chi connectivity index (χ0n) is 15.3. The van der Waals surface area contributed by atoms with Crippen molar-refractivity contribution >= 4 is 29.4 Å². The molecular formula is C21H22N2O4. The zero-order chi connectivity index (χ0) is 19.6. The molecule has 0 fully saturated rings. The third-order valence-electron chi connectivity index (χ3n) is 3.77. The van der Waals surface area contributed by atoms with E-state index in [0.717, 1.165) is 11.3 Å². The molecule has 2 amide bonds.